The molecule has 66 heavy (non-hydrogen) atoms. The third-order valence-corrected chi connectivity index (χ3v) is 15.7. The number of nitrogens with zero attached hydrogens (tertiary/aromatic N) is 6. The van der Waals surface area contributed by atoms with Crippen molar-refractivity contribution in [2.24, 2.45) is 5.41 Å². The van der Waals surface area contributed by atoms with Crippen LogP contribution < -0.4 is 24.6 Å². The van der Waals surface area contributed by atoms with Gasteiger partial charge in [-0.15, -0.1) is 0 Å². The number of ether oxygens (including phenoxy) is 3. The number of pyridine rings is 1. The Kier molecular flexibility index (Phi) is 11.1. The number of nitro benzene ring substituents is 1. The standard InChI is InChI=1S/C48H55N9O8S/c1-53-16-17-55(44(27-53)38-6-3-2-5-37(38)31-7-8-31)34-24-48(25-34)29-54(30-48)33-9-11-39(41(22-33)56-15-4-18-65-47-43(56)21-32-13-14-49-45(32)51-47)46(58)52-66(61,62)36-10-12-40(42(23-36)57(59)60)50-26-35-28-63-19-20-64-35/h2-3,5-6,9-14,21-23,31,34-35,44,50H,4,7-8,15-20,24-30H2,1H3,(H,49,51)(H,52,58)/t35-,44?/m0/s1. The molecule has 5 aromatic rings. The number of H-pyrrole nitrogens is 1. The fourth-order valence-corrected chi connectivity index (χ4v) is 11.8. The lowest BCUT2D eigenvalue weighted by Gasteiger charge is -2.63. The fraction of sp³-hybridized carbons (Fsp3) is 0.458. The summed E-state index contributed by atoms with van der Waals surface area (Å²) in [5.74, 6) is 0.231. The highest BCUT2D eigenvalue weighted by molar-refractivity contribution is 7.90. The molecule has 1 spiro atoms. The van der Waals surface area contributed by atoms with Crippen molar-refractivity contribution in [1.29, 1.82) is 0 Å². The van der Waals surface area contributed by atoms with Crippen molar-refractivity contribution < 1.29 is 32.3 Å². The number of rotatable bonds is 12. The number of likely N-dealkylation sites (N-methyl/N-ethyl adjacent to an activating group) is 1. The van der Waals surface area contributed by atoms with Crippen molar-refractivity contribution in [3.8, 4) is 5.88 Å². The number of anilines is 4. The van der Waals surface area contributed by atoms with Gasteiger partial charge in [0.1, 0.15) is 17.0 Å². The van der Waals surface area contributed by atoms with Crippen LogP contribution in [0.2, 0.25) is 0 Å². The predicted molar refractivity (Wildman–Crippen MR) is 249 cm³/mol. The molecule has 17 nitrogen and oxygen atoms in total. The highest BCUT2D eigenvalue weighted by atomic mass is 32.2. The van der Waals surface area contributed by atoms with Crippen LogP contribution in [-0.2, 0) is 19.5 Å². The Hall–Kier alpha value is -5.79. The third kappa shape index (κ3) is 8.22. The van der Waals surface area contributed by atoms with Gasteiger partial charge in [0.05, 0.1) is 53.6 Å². The average Bonchev–Trinajstić information content (AvgIpc) is 4.08. The molecule has 4 aliphatic heterocycles. The SMILES string of the molecule is CN1CCN(C2CC3(C2)CN(c2ccc(C(=O)NS(=O)(=O)c4ccc(NC[C@H]5COCCO5)c([N+](=O)[O-])c4)c(N4CCCOc5nc6[nH]ccc6cc54)c2)C3)C(c2ccccc2C2CC2)C1. The first-order valence-electron chi connectivity index (χ1n) is 23.1. The number of amides is 1. The van der Waals surface area contributed by atoms with Crippen molar-refractivity contribution in [3.05, 3.63) is 106 Å². The highest BCUT2D eigenvalue weighted by Crippen LogP contribution is 2.54. The number of nitro groups is 1. The number of sulfonamides is 1. The van der Waals surface area contributed by atoms with Gasteiger partial charge < -0.3 is 39.2 Å². The maximum atomic E-state index is 14.4. The van der Waals surface area contributed by atoms with E-state index in [1.54, 1.807) is 12.3 Å². The van der Waals surface area contributed by atoms with Gasteiger partial charge in [-0.2, -0.15) is 4.98 Å². The van der Waals surface area contributed by atoms with Crippen LogP contribution in [0.5, 0.6) is 5.88 Å². The number of nitrogens with one attached hydrogen (secondary N) is 3. The number of benzene rings is 3. The normalized spacial score (nSPS) is 22.5. The lowest BCUT2D eigenvalue weighted by molar-refractivity contribution is -0.384. The number of piperazine rings is 1. The second-order valence-corrected chi connectivity index (χ2v) is 20.6. The minimum absolute atomic E-state index is 0.118. The van der Waals surface area contributed by atoms with Crippen LogP contribution in [0, 0.1) is 15.5 Å². The minimum Gasteiger partial charge on any atom is -0.476 e. The summed E-state index contributed by atoms with van der Waals surface area (Å²) in [5.41, 5.74) is 5.79. The van der Waals surface area contributed by atoms with Gasteiger partial charge in [-0.1, -0.05) is 24.3 Å². The Balaban J connectivity index is 0.851. The first-order chi connectivity index (χ1) is 32.0. The third-order valence-electron chi connectivity index (χ3n) is 14.4. The van der Waals surface area contributed by atoms with Crippen molar-refractivity contribution >= 4 is 55.4 Å². The summed E-state index contributed by atoms with van der Waals surface area (Å²) >= 11 is 0. The largest absolute Gasteiger partial charge is 0.476 e. The van der Waals surface area contributed by atoms with Crippen molar-refractivity contribution in [2.45, 2.75) is 61.1 Å². The van der Waals surface area contributed by atoms with Crippen LogP contribution in [0.1, 0.15) is 65.5 Å². The van der Waals surface area contributed by atoms with Crippen molar-refractivity contribution in [2.75, 3.05) is 94.4 Å². The number of fused-ring (bicyclic) bond motifs is 2. The molecule has 3 aromatic carbocycles. The molecule has 1 unspecified atom stereocenters. The van der Waals surface area contributed by atoms with Gasteiger partial charge in [0.2, 0.25) is 5.88 Å². The second kappa shape index (κ2) is 17.1. The Morgan fingerprint density at radius 3 is 2.59 bits per heavy atom. The molecule has 6 heterocycles. The number of carbonyl (C=O) groups excluding carboxylic acids is 1. The average molecular weight is 918 g/mol. The van der Waals surface area contributed by atoms with Gasteiger partial charge in [0.25, 0.3) is 21.6 Å². The van der Waals surface area contributed by atoms with Crippen LogP contribution in [0.4, 0.5) is 28.4 Å². The van der Waals surface area contributed by atoms with Gasteiger partial charge in [-0.3, -0.25) is 19.8 Å². The van der Waals surface area contributed by atoms with E-state index in [0.717, 1.165) is 62.7 Å². The van der Waals surface area contributed by atoms with Gasteiger partial charge in [0, 0.05) is 86.6 Å². The highest BCUT2D eigenvalue weighted by Gasteiger charge is 2.55. The summed E-state index contributed by atoms with van der Waals surface area (Å²) in [6, 6.07) is 23.0. The summed E-state index contributed by atoms with van der Waals surface area (Å²) < 4.78 is 47.3. The van der Waals surface area contributed by atoms with Crippen molar-refractivity contribution in [1.82, 2.24) is 24.5 Å². The molecule has 346 valence electrons. The first kappa shape index (κ1) is 42.8. The van der Waals surface area contributed by atoms with Gasteiger partial charge in [0.15, 0.2) is 0 Å². The Morgan fingerprint density at radius 1 is 0.970 bits per heavy atom. The number of aromatic nitrogens is 2. The van der Waals surface area contributed by atoms with E-state index < -0.39 is 31.4 Å². The van der Waals surface area contributed by atoms with E-state index in [-0.39, 0.29) is 29.3 Å². The van der Waals surface area contributed by atoms with Crippen LogP contribution in [-0.4, -0.2) is 130 Å². The maximum Gasteiger partial charge on any atom is 0.293 e. The smallest absolute Gasteiger partial charge is 0.293 e. The zero-order chi connectivity index (χ0) is 45.2. The Morgan fingerprint density at radius 2 is 1.80 bits per heavy atom. The zero-order valence-corrected chi connectivity index (χ0v) is 37.8. The summed E-state index contributed by atoms with van der Waals surface area (Å²) in [6.45, 7) is 7.25. The Bertz CT molecular complexity index is 2780. The molecule has 11 rings (SSSR count). The minimum atomic E-state index is -4.58. The molecular weight excluding hydrogens is 863 g/mol. The van der Waals surface area contributed by atoms with E-state index in [9.17, 15) is 23.3 Å². The molecule has 6 aliphatic rings. The molecule has 3 saturated heterocycles. The topological polar surface area (TPSA) is 188 Å². The molecule has 18 heteroatoms. The summed E-state index contributed by atoms with van der Waals surface area (Å²) in [6.07, 6.45) is 6.94. The van der Waals surface area contributed by atoms with E-state index in [1.165, 1.54) is 36.1 Å². The van der Waals surface area contributed by atoms with Crippen LogP contribution in [0.3, 0.4) is 0 Å². The summed E-state index contributed by atoms with van der Waals surface area (Å²) in [5, 5.41) is 16.0. The number of hydrogen-bond donors (Lipinski definition) is 3. The summed E-state index contributed by atoms with van der Waals surface area (Å²) in [4.78, 5) is 43.0. The zero-order valence-electron chi connectivity index (χ0n) is 37.0. The van der Waals surface area contributed by atoms with Gasteiger partial charge >= 0.3 is 0 Å². The first-order valence-corrected chi connectivity index (χ1v) is 24.6. The molecular formula is C48H55N9O8S. The van der Waals surface area contributed by atoms with Crippen LogP contribution >= 0.6 is 0 Å². The predicted octanol–water partition coefficient (Wildman–Crippen LogP) is 6.17. The molecule has 0 bridgehead atoms. The lowest BCUT2D eigenvalue weighted by atomic mass is 9.59. The summed E-state index contributed by atoms with van der Waals surface area (Å²) in [7, 11) is -2.34. The van der Waals surface area contributed by atoms with Crippen LogP contribution in [0.25, 0.3) is 11.0 Å². The van der Waals surface area contributed by atoms with E-state index in [1.807, 2.05) is 29.2 Å². The molecule has 2 atom stereocenters. The monoisotopic (exact) mass is 917 g/mol. The Labute approximate surface area is 383 Å². The molecule has 2 aliphatic carbocycles. The lowest BCUT2D eigenvalue weighted by Crippen LogP contribution is -2.68. The second-order valence-electron chi connectivity index (χ2n) is 18.9. The van der Waals surface area contributed by atoms with Gasteiger partial charge in [-0.05, 0) is 98.7 Å². The number of aromatic amines is 1. The van der Waals surface area contributed by atoms with Gasteiger partial charge in [-0.25, -0.2) is 13.1 Å². The number of carbonyl (C=O) groups is 1. The fourth-order valence-electron chi connectivity index (χ4n) is 10.8. The molecule has 3 N–H and O–H groups in total. The molecule has 5 fully saturated rings. The van der Waals surface area contributed by atoms with E-state index in [0.29, 0.717) is 80.3 Å². The molecule has 0 radical (unpaired) electrons. The maximum absolute atomic E-state index is 14.4. The van der Waals surface area contributed by atoms with Crippen LogP contribution in [0.15, 0.2) is 83.9 Å². The van der Waals surface area contributed by atoms with E-state index >= 15 is 0 Å². The molecule has 1 amide bonds. The molecule has 2 saturated carbocycles. The van der Waals surface area contributed by atoms with E-state index in [4.69, 9.17) is 19.2 Å². The quantitative estimate of drug-likeness (QED) is 0.0952. The van der Waals surface area contributed by atoms with E-state index in [2.05, 4.69) is 61.0 Å². The molecule has 2 aromatic heterocycles. The van der Waals surface area contributed by atoms with Crippen molar-refractivity contribution in [3.63, 3.8) is 0 Å². The number of hydrogen-bond acceptors (Lipinski definition) is 14.